The molecule has 0 saturated carbocycles. The van der Waals surface area contributed by atoms with E-state index in [1.54, 1.807) is 6.08 Å². The van der Waals surface area contributed by atoms with E-state index >= 15 is 0 Å². The molecule has 6 heteroatoms. The van der Waals surface area contributed by atoms with Crippen molar-refractivity contribution in [1.29, 1.82) is 0 Å². The van der Waals surface area contributed by atoms with Gasteiger partial charge in [0, 0.05) is 36.1 Å². The number of aromatic amines is 1. The number of hydrogen-bond acceptors (Lipinski definition) is 5. The summed E-state index contributed by atoms with van der Waals surface area (Å²) in [6, 6.07) is 8.12. The normalized spacial score (nSPS) is 18.3. The molecule has 146 valence electrons. The topological polar surface area (TPSA) is 71.6 Å². The van der Waals surface area contributed by atoms with Crippen molar-refractivity contribution in [1.82, 2.24) is 9.88 Å². The maximum absolute atomic E-state index is 12.6. The molecule has 0 amide bonds. The summed E-state index contributed by atoms with van der Waals surface area (Å²) in [6.45, 7) is 4.73. The summed E-state index contributed by atoms with van der Waals surface area (Å²) in [4.78, 5) is 30.2. The van der Waals surface area contributed by atoms with Gasteiger partial charge in [-0.05, 0) is 24.1 Å². The minimum atomic E-state index is -0.560. The van der Waals surface area contributed by atoms with Crippen molar-refractivity contribution in [3.05, 3.63) is 65.5 Å². The summed E-state index contributed by atoms with van der Waals surface area (Å²) in [5.41, 5.74) is 3.73. The van der Waals surface area contributed by atoms with E-state index in [0.717, 1.165) is 16.6 Å². The first-order valence-electron chi connectivity index (χ1n) is 9.12. The van der Waals surface area contributed by atoms with Crippen LogP contribution in [-0.2, 0) is 25.5 Å². The number of nitrogens with zero attached hydrogens (tertiary/aromatic N) is 1. The SMILES string of the molecule is C=CCN1CCc2c([nH]c3ccccc23)/C=C/C/C(C(=O)OC)=C\1C(=O)OC. The molecule has 28 heavy (non-hydrogen) atoms. The lowest BCUT2D eigenvalue weighted by atomic mass is 10.0. The van der Waals surface area contributed by atoms with Crippen LogP contribution < -0.4 is 0 Å². The fraction of sp³-hybridized carbons (Fsp3) is 0.273. The molecule has 1 aromatic heterocycles. The van der Waals surface area contributed by atoms with Crippen LogP contribution in [0.5, 0.6) is 0 Å². The summed E-state index contributed by atoms with van der Waals surface area (Å²) in [6.07, 6.45) is 6.46. The lowest BCUT2D eigenvalue weighted by Gasteiger charge is -2.27. The van der Waals surface area contributed by atoms with Gasteiger partial charge < -0.3 is 19.4 Å². The van der Waals surface area contributed by atoms with Crippen molar-refractivity contribution in [3.63, 3.8) is 0 Å². The number of carbonyl (C=O) groups is 2. The van der Waals surface area contributed by atoms with E-state index in [1.165, 1.54) is 19.8 Å². The molecule has 0 saturated heterocycles. The molecule has 0 bridgehead atoms. The largest absolute Gasteiger partial charge is 0.466 e. The van der Waals surface area contributed by atoms with Gasteiger partial charge in [0.2, 0.25) is 0 Å². The van der Waals surface area contributed by atoms with Crippen molar-refractivity contribution in [2.24, 2.45) is 0 Å². The first-order chi connectivity index (χ1) is 13.6. The predicted octanol–water partition coefficient (Wildman–Crippen LogP) is 3.22. The molecule has 0 atom stereocenters. The Labute approximate surface area is 164 Å². The minimum Gasteiger partial charge on any atom is -0.466 e. The highest BCUT2D eigenvalue weighted by atomic mass is 16.5. The summed E-state index contributed by atoms with van der Waals surface area (Å²) in [7, 11) is 2.61. The zero-order valence-electron chi connectivity index (χ0n) is 16.2. The molecule has 0 spiro atoms. The van der Waals surface area contributed by atoms with Crippen LogP contribution in [-0.4, -0.2) is 49.1 Å². The summed E-state index contributed by atoms with van der Waals surface area (Å²) >= 11 is 0. The summed E-state index contributed by atoms with van der Waals surface area (Å²) in [5.74, 6) is -1.10. The van der Waals surface area contributed by atoms with E-state index in [4.69, 9.17) is 9.47 Å². The van der Waals surface area contributed by atoms with Gasteiger partial charge in [0.1, 0.15) is 5.70 Å². The van der Waals surface area contributed by atoms with Crippen molar-refractivity contribution in [2.45, 2.75) is 12.8 Å². The second kappa shape index (κ2) is 8.61. The fourth-order valence-electron chi connectivity index (χ4n) is 3.56. The number of fused-ring (bicyclic) bond motifs is 3. The number of para-hydroxylation sites is 1. The van der Waals surface area contributed by atoms with Crippen LogP contribution in [0.15, 0.2) is 54.3 Å². The molecule has 0 radical (unpaired) electrons. The molecule has 0 aliphatic carbocycles. The number of rotatable bonds is 4. The first kappa shape index (κ1) is 19.5. The Kier molecular flexibility index (Phi) is 5.99. The van der Waals surface area contributed by atoms with Gasteiger partial charge in [-0.2, -0.15) is 0 Å². The van der Waals surface area contributed by atoms with Crippen LogP contribution in [0.2, 0.25) is 0 Å². The Morgan fingerprint density at radius 1 is 1.21 bits per heavy atom. The third-order valence-corrected chi connectivity index (χ3v) is 4.85. The van der Waals surface area contributed by atoms with Crippen LogP contribution in [0.1, 0.15) is 17.7 Å². The van der Waals surface area contributed by atoms with Gasteiger partial charge >= 0.3 is 11.9 Å². The van der Waals surface area contributed by atoms with Crippen molar-refractivity contribution < 1.29 is 19.1 Å². The molecule has 1 aliphatic rings. The molecule has 3 rings (SSSR count). The van der Waals surface area contributed by atoms with Crippen LogP contribution in [0, 0.1) is 0 Å². The van der Waals surface area contributed by atoms with E-state index in [0.29, 0.717) is 19.5 Å². The Bertz CT molecular complexity index is 968. The number of methoxy groups -OCH3 is 2. The molecule has 1 aromatic carbocycles. The molecule has 1 N–H and O–H groups in total. The van der Waals surface area contributed by atoms with Gasteiger partial charge in [0.15, 0.2) is 0 Å². The zero-order valence-corrected chi connectivity index (χ0v) is 16.2. The number of nitrogens with one attached hydrogen (secondary N) is 1. The van der Waals surface area contributed by atoms with Crippen molar-refractivity contribution in [2.75, 3.05) is 27.3 Å². The third kappa shape index (κ3) is 3.71. The number of H-pyrrole nitrogens is 1. The molecule has 1 aliphatic heterocycles. The number of carbonyl (C=O) groups excluding carboxylic acids is 2. The van der Waals surface area contributed by atoms with E-state index < -0.39 is 11.9 Å². The fourth-order valence-corrected chi connectivity index (χ4v) is 3.56. The average molecular weight is 380 g/mol. The van der Waals surface area contributed by atoms with E-state index in [2.05, 4.69) is 17.6 Å². The van der Waals surface area contributed by atoms with E-state index in [-0.39, 0.29) is 17.7 Å². The number of ether oxygens (including phenoxy) is 2. The minimum absolute atomic E-state index is 0.224. The van der Waals surface area contributed by atoms with E-state index in [1.807, 2.05) is 35.3 Å². The highest BCUT2D eigenvalue weighted by Crippen LogP contribution is 2.27. The highest BCUT2D eigenvalue weighted by molar-refractivity contribution is 6.00. The molecular formula is C22H24N2O4. The maximum atomic E-state index is 12.6. The predicted molar refractivity (Wildman–Crippen MR) is 108 cm³/mol. The third-order valence-electron chi connectivity index (χ3n) is 4.85. The lowest BCUT2D eigenvalue weighted by molar-refractivity contribution is -0.140. The molecule has 2 heterocycles. The molecule has 0 fully saturated rings. The van der Waals surface area contributed by atoms with Gasteiger partial charge in [-0.1, -0.05) is 30.4 Å². The lowest BCUT2D eigenvalue weighted by Crippen LogP contribution is -2.33. The number of esters is 2. The quantitative estimate of drug-likeness (QED) is 0.651. The van der Waals surface area contributed by atoms with Crippen LogP contribution in [0.3, 0.4) is 0 Å². The maximum Gasteiger partial charge on any atom is 0.354 e. The number of allylic oxidation sites excluding steroid dienone is 1. The van der Waals surface area contributed by atoms with E-state index in [9.17, 15) is 9.59 Å². The monoisotopic (exact) mass is 380 g/mol. The smallest absolute Gasteiger partial charge is 0.354 e. The van der Waals surface area contributed by atoms with Crippen LogP contribution >= 0.6 is 0 Å². The average Bonchev–Trinajstić information content (AvgIpc) is 3.07. The van der Waals surface area contributed by atoms with Gasteiger partial charge in [-0.15, -0.1) is 6.58 Å². The van der Waals surface area contributed by atoms with Crippen LogP contribution in [0.25, 0.3) is 17.0 Å². The van der Waals surface area contributed by atoms with Gasteiger partial charge in [-0.25, -0.2) is 9.59 Å². The molecule has 0 unspecified atom stereocenters. The second-order valence-electron chi connectivity index (χ2n) is 6.46. The van der Waals surface area contributed by atoms with Crippen LogP contribution in [0.4, 0.5) is 0 Å². The number of benzene rings is 1. The second-order valence-corrected chi connectivity index (χ2v) is 6.46. The Balaban J connectivity index is 2.14. The molecule has 2 aromatic rings. The summed E-state index contributed by atoms with van der Waals surface area (Å²) < 4.78 is 9.90. The Morgan fingerprint density at radius 2 is 1.96 bits per heavy atom. The first-order valence-corrected chi connectivity index (χ1v) is 9.12. The van der Waals surface area contributed by atoms with Crippen molar-refractivity contribution >= 4 is 28.9 Å². The van der Waals surface area contributed by atoms with Gasteiger partial charge in [0.25, 0.3) is 0 Å². The van der Waals surface area contributed by atoms with Gasteiger partial charge in [0.05, 0.1) is 19.8 Å². The number of aromatic nitrogens is 1. The summed E-state index contributed by atoms with van der Waals surface area (Å²) in [5, 5.41) is 1.15. The highest BCUT2D eigenvalue weighted by Gasteiger charge is 2.27. The zero-order chi connectivity index (χ0) is 20.1. The number of hydrogen-bond donors (Lipinski definition) is 1. The molecular weight excluding hydrogens is 356 g/mol. The Morgan fingerprint density at radius 3 is 2.68 bits per heavy atom. The standard InChI is InChI=1S/C22H24N2O4/c1-4-13-24-14-12-16-15-8-5-6-10-18(15)23-19(16)11-7-9-17(21(25)27-2)20(24)22(26)28-3/h4-8,10-11,23H,1,9,12-14H2,2-3H3/b11-7+,20-17+. The van der Waals surface area contributed by atoms with Crippen molar-refractivity contribution in [3.8, 4) is 0 Å². The molecule has 6 nitrogen and oxygen atoms in total. The van der Waals surface area contributed by atoms with Gasteiger partial charge in [-0.3, -0.25) is 0 Å². The Hall–Kier alpha value is -3.28.